The van der Waals surface area contributed by atoms with Crippen LogP contribution >= 0.6 is 11.6 Å². The molecule has 1 aromatic heterocycles. The van der Waals surface area contributed by atoms with Crippen molar-refractivity contribution >= 4 is 40.5 Å². The number of aromatic nitrogens is 2. The van der Waals surface area contributed by atoms with Crippen LogP contribution in [0.5, 0.6) is 0 Å². The van der Waals surface area contributed by atoms with E-state index < -0.39 is 11.3 Å². The van der Waals surface area contributed by atoms with Crippen LogP contribution in [0.25, 0.3) is 0 Å². The topological polar surface area (TPSA) is 84.7 Å². The van der Waals surface area contributed by atoms with Crippen LogP contribution in [-0.2, 0) is 20.8 Å². The van der Waals surface area contributed by atoms with Crippen LogP contribution in [0.1, 0.15) is 45.1 Å². The van der Waals surface area contributed by atoms with Crippen LogP contribution in [-0.4, -0.2) is 31.4 Å². The molecule has 0 saturated carbocycles. The molecule has 0 amide bonds. The van der Waals surface area contributed by atoms with Gasteiger partial charge in [0, 0.05) is 29.9 Å². The predicted molar refractivity (Wildman–Crippen MR) is 106 cm³/mol. The average molecular weight is 414 g/mol. The summed E-state index contributed by atoms with van der Waals surface area (Å²) in [5.74, 6) is 0.175. The molecule has 1 N–H and O–H groups in total. The lowest BCUT2D eigenvalue weighted by atomic mass is 10.1. The molecule has 27 heavy (non-hydrogen) atoms. The Bertz CT molecular complexity index is 766. The number of nitrogens with zero attached hydrogens (tertiary/aromatic N) is 3. The normalized spacial score (nSPS) is 13.2. The van der Waals surface area contributed by atoms with E-state index in [0.29, 0.717) is 23.1 Å². The van der Waals surface area contributed by atoms with Gasteiger partial charge < -0.3 is 9.30 Å². The summed E-state index contributed by atoms with van der Waals surface area (Å²) in [6.07, 6.45) is 7.04. The molecule has 2 aromatic rings. The second-order valence-corrected chi connectivity index (χ2v) is 7.28. The Balaban J connectivity index is 2.18. The van der Waals surface area contributed by atoms with E-state index in [9.17, 15) is 13.6 Å². The van der Waals surface area contributed by atoms with Gasteiger partial charge >= 0.3 is 5.97 Å². The minimum Gasteiger partial charge on any atom is -0.469 e. The maximum absolute atomic E-state index is 12.0. The molecule has 1 aromatic carbocycles. The van der Waals surface area contributed by atoms with E-state index in [1.54, 1.807) is 36.7 Å². The van der Waals surface area contributed by atoms with Gasteiger partial charge in [-0.3, -0.25) is 9.35 Å². The molecule has 0 bridgehead atoms. The number of benzene rings is 1. The van der Waals surface area contributed by atoms with Crippen LogP contribution in [0.2, 0.25) is 5.02 Å². The lowest BCUT2D eigenvalue weighted by Crippen LogP contribution is -2.24. The summed E-state index contributed by atoms with van der Waals surface area (Å²) in [6.45, 7) is 2.05. The quantitative estimate of drug-likeness (QED) is 0.352. The SMILES string of the molecule is CCC(CCCCC(=O)OC)n1ccnc1N(c1ccc(Cl)cc1)S(=O)O. The highest BCUT2D eigenvalue weighted by Crippen LogP contribution is 2.31. The predicted octanol–water partition coefficient (Wildman–Crippen LogP) is 4.50. The van der Waals surface area contributed by atoms with E-state index >= 15 is 0 Å². The molecule has 7 nitrogen and oxygen atoms in total. The molecule has 0 saturated heterocycles. The fourth-order valence-electron chi connectivity index (χ4n) is 2.89. The number of halogens is 1. The standard InChI is InChI=1S/C18H24ClN3O4S/c1-3-15(6-4-5-7-17(23)26-2)21-13-12-20-18(21)22(27(24)25)16-10-8-14(19)9-11-16/h8-13,15H,3-7H2,1-2H3,(H,24,25). The molecule has 9 heteroatoms. The molecule has 0 spiro atoms. The lowest BCUT2D eigenvalue weighted by Gasteiger charge is -2.25. The number of hydrogen-bond acceptors (Lipinski definition) is 4. The third-order valence-corrected chi connectivity index (χ3v) is 5.25. The number of anilines is 2. The molecule has 0 aliphatic rings. The van der Waals surface area contributed by atoms with Gasteiger partial charge in [-0.2, -0.15) is 0 Å². The number of esters is 1. The number of methoxy groups -OCH3 is 1. The van der Waals surface area contributed by atoms with Crippen molar-refractivity contribution < 1.29 is 18.3 Å². The highest BCUT2D eigenvalue weighted by Gasteiger charge is 2.23. The Morgan fingerprint density at radius 1 is 1.37 bits per heavy atom. The zero-order valence-electron chi connectivity index (χ0n) is 15.4. The zero-order chi connectivity index (χ0) is 19.8. The van der Waals surface area contributed by atoms with Gasteiger partial charge in [-0.15, -0.1) is 0 Å². The molecule has 2 atom stereocenters. The van der Waals surface area contributed by atoms with E-state index in [1.165, 1.54) is 11.4 Å². The van der Waals surface area contributed by atoms with Crippen molar-refractivity contribution in [2.45, 2.75) is 45.1 Å². The highest BCUT2D eigenvalue weighted by molar-refractivity contribution is 7.81. The number of carbonyl (C=O) groups excluding carboxylic acids is 1. The number of ether oxygens (including phenoxy) is 1. The van der Waals surface area contributed by atoms with Gasteiger partial charge in [0.05, 0.1) is 12.8 Å². The van der Waals surface area contributed by atoms with Crippen LogP contribution < -0.4 is 4.31 Å². The first-order chi connectivity index (χ1) is 13.0. The molecular formula is C18H24ClN3O4S. The van der Waals surface area contributed by atoms with Gasteiger partial charge in [-0.05, 0) is 43.5 Å². The number of carbonyl (C=O) groups is 1. The Kier molecular flexibility index (Phi) is 8.27. The smallest absolute Gasteiger partial charge is 0.305 e. The zero-order valence-corrected chi connectivity index (χ0v) is 16.9. The number of imidazole rings is 1. The summed E-state index contributed by atoms with van der Waals surface area (Å²) in [5.41, 5.74) is 0.522. The second-order valence-electron chi connectivity index (χ2n) is 6.02. The average Bonchev–Trinajstić information content (AvgIpc) is 3.12. The van der Waals surface area contributed by atoms with Crippen LogP contribution in [0.4, 0.5) is 11.6 Å². The van der Waals surface area contributed by atoms with Crippen LogP contribution in [0, 0.1) is 0 Å². The minimum atomic E-state index is -2.29. The fraction of sp³-hybridized carbons (Fsp3) is 0.444. The molecule has 2 rings (SSSR count). The Hall–Kier alpha value is -1.90. The lowest BCUT2D eigenvalue weighted by molar-refractivity contribution is -0.140. The molecule has 2 unspecified atom stereocenters. The van der Waals surface area contributed by atoms with Crippen molar-refractivity contribution in [3.8, 4) is 0 Å². The van der Waals surface area contributed by atoms with E-state index in [1.807, 2.05) is 4.57 Å². The fourth-order valence-corrected chi connectivity index (χ4v) is 3.60. The van der Waals surface area contributed by atoms with Crippen molar-refractivity contribution in [1.29, 1.82) is 0 Å². The van der Waals surface area contributed by atoms with E-state index in [0.717, 1.165) is 25.7 Å². The first-order valence-electron chi connectivity index (χ1n) is 8.74. The van der Waals surface area contributed by atoms with Crippen LogP contribution in [0.3, 0.4) is 0 Å². The highest BCUT2D eigenvalue weighted by atomic mass is 35.5. The van der Waals surface area contributed by atoms with E-state index in [4.69, 9.17) is 11.6 Å². The third-order valence-electron chi connectivity index (χ3n) is 4.31. The van der Waals surface area contributed by atoms with Crippen molar-refractivity contribution in [2.75, 3.05) is 11.4 Å². The number of unbranched alkanes of at least 4 members (excludes halogenated alkanes) is 1. The first-order valence-corrected chi connectivity index (χ1v) is 10.2. The minimum absolute atomic E-state index is 0.0958. The second kappa shape index (κ2) is 10.4. The summed E-state index contributed by atoms with van der Waals surface area (Å²) in [5, 5.41) is 0.544. The summed E-state index contributed by atoms with van der Waals surface area (Å²) in [4.78, 5) is 15.5. The summed E-state index contributed by atoms with van der Waals surface area (Å²) < 4.78 is 29.7. The van der Waals surface area contributed by atoms with Gasteiger partial charge in [0.25, 0.3) is 11.3 Å². The largest absolute Gasteiger partial charge is 0.469 e. The van der Waals surface area contributed by atoms with Gasteiger partial charge in [0.2, 0.25) is 5.95 Å². The molecule has 0 fully saturated rings. The molecule has 148 valence electrons. The van der Waals surface area contributed by atoms with Crippen molar-refractivity contribution in [3.05, 3.63) is 41.7 Å². The van der Waals surface area contributed by atoms with Crippen molar-refractivity contribution in [1.82, 2.24) is 9.55 Å². The maximum atomic E-state index is 12.0. The Morgan fingerprint density at radius 3 is 2.67 bits per heavy atom. The molecule has 0 radical (unpaired) electrons. The Labute approximate surface area is 166 Å². The number of hydrogen-bond donors (Lipinski definition) is 1. The van der Waals surface area contributed by atoms with Crippen LogP contribution in [0.15, 0.2) is 36.7 Å². The summed E-state index contributed by atoms with van der Waals surface area (Å²) in [7, 11) is 1.38. The molecular weight excluding hydrogens is 390 g/mol. The van der Waals surface area contributed by atoms with E-state index in [2.05, 4.69) is 16.6 Å². The number of rotatable bonds is 10. The van der Waals surface area contributed by atoms with Crippen molar-refractivity contribution in [2.24, 2.45) is 0 Å². The van der Waals surface area contributed by atoms with Gasteiger partial charge in [-0.1, -0.05) is 24.9 Å². The summed E-state index contributed by atoms with van der Waals surface area (Å²) in [6, 6.07) is 6.76. The molecule has 0 aliphatic heterocycles. The maximum Gasteiger partial charge on any atom is 0.305 e. The Morgan fingerprint density at radius 2 is 2.07 bits per heavy atom. The third kappa shape index (κ3) is 5.79. The van der Waals surface area contributed by atoms with Crippen molar-refractivity contribution in [3.63, 3.8) is 0 Å². The van der Waals surface area contributed by atoms with Gasteiger partial charge in [0.1, 0.15) is 0 Å². The summed E-state index contributed by atoms with van der Waals surface area (Å²) >= 11 is 3.63. The molecule has 0 aliphatic carbocycles. The van der Waals surface area contributed by atoms with Gasteiger partial charge in [-0.25, -0.2) is 13.5 Å². The van der Waals surface area contributed by atoms with E-state index in [-0.39, 0.29) is 12.0 Å². The molecule has 1 heterocycles. The first kappa shape index (κ1) is 21.4. The monoisotopic (exact) mass is 413 g/mol. The van der Waals surface area contributed by atoms with Gasteiger partial charge in [0.15, 0.2) is 0 Å².